The number of benzene rings is 1. The lowest BCUT2D eigenvalue weighted by Crippen LogP contribution is -2.34. The molecule has 0 aliphatic carbocycles. The predicted molar refractivity (Wildman–Crippen MR) is 90.2 cm³/mol. The minimum absolute atomic E-state index is 0.0383. The highest BCUT2D eigenvalue weighted by atomic mass is 32.1. The Kier molecular flexibility index (Phi) is 5.95. The van der Waals surface area contributed by atoms with Gasteiger partial charge in [-0.2, -0.15) is 0 Å². The molecule has 0 radical (unpaired) electrons. The summed E-state index contributed by atoms with van der Waals surface area (Å²) in [7, 11) is 3.20. The summed E-state index contributed by atoms with van der Waals surface area (Å²) < 4.78 is 10.5. The van der Waals surface area contributed by atoms with Gasteiger partial charge in [-0.15, -0.1) is 11.3 Å². The minimum atomic E-state index is -0.186. The van der Waals surface area contributed by atoms with E-state index in [4.69, 9.17) is 15.2 Å². The lowest BCUT2D eigenvalue weighted by atomic mass is 10.1. The van der Waals surface area contributed by atoms with Gasteiger partial charge in [-0.1, -0.05) is 6.07 Å². The first-order valence-electron chi connectivity index (χ1n) is 7.23. The van der Waals surface area contributed by atoms with E-state index in [0.717, 1.165) is 10.6 Å². The molecular weight excluding hydrogens is 314 g/mol. The number of thiazole rings is 1. The third kappa shape index (κ3) is 4.43. The highest BCUT2D eigenvalue weighted by Crippen LogP contribution is 2.28. The fourth-order valence-electron chi connectivity index (χ4n) is 2.22. The van der Waals surface area contributed by atoms with Crippen LogP contribution >= 0.6 is 11.3 Å². The zero-order valence-electron chi connectivity index (χ0n) is 13.5. The van der Waals surface area contributed by atoms with Gasteiger partial charge >= 0.3 is 0 Å². The largest absolute Gasteiger partial charge is 0.493 e. The molecular formula is C16H21N3O3S. The topological polar surface area (TPSA) is 86.5 Å². The van der Waals surface area contributed by atoms with Gasteiger partial charge in [0.2, 0.25) is 0 Å². The minimum Gasteiger partial charge on any atom is -0.493 e. The van der Waals surface area contributed by atoms with Crippen molar-refractivity contribution in [1.29, 1.82) is 0 Å². The molecule has 2 aromatic rings. The summed E-state index contributed by atoms with van der Waals surface area (Å²) in [6.45, 7) is 2.30. The van der Waals surface area contributed by atoms with Crippen molar-refractivity contribution in [2.24, 2.45) is 5.73 Å². The van der Waals surface area contributed by atoms with E-state index in [1.807, 2.05) is 25.1 Å². The number of rotatable bonds is 7. The Morgan fingerprint density at radius 3 is 2.70 bits per heavy atom. The second-order valence-electron chi connectivity index (χ2n) is 5.10. The molecule has 3 N–H and O–H groups in total. The number of hydrogen-bond donors (Lipinski definition) is 2. The second kappa shape index (κ2) is 7.94. The third-order valence-electron chi connectivity index (χ3n) is 3.33. The van der Waals surface area contributed by atoms with Gasteiger partial charge in [0, 0.05) is 18.0 Å². The van der Waals surface area contributed by atoms with Crippen molar-refractivity contribution >= 4 is 17.2 Å². The molecule has 1 amide bonds. The SMILES string of the molecule is COc1ccc(CC(C)NC(=O)c2csc(CN)n2)cc1OC. The monoisotopic (exact) mass is 335 g/mol. The first kappa shape index (κ1) is 17.2. The number of hydrogen-bond acceptors (Lipinski definition) is 6. The summed E-state index contributed by atoms with van der Waals surface area (Å²) in [6, 6.07) is 5.69. The number of amides is 1. The van der Waals surface area contributed by atoms with E-state index in [1.165, 1.54) is 11.3 Å². The summed E-state index contributed by atoms with van der Waals surface area (Å²) >= 11 is 1.39. The summed E-state index contributed by atoms with van der Waals surface area (Å²) in [5, 5.41) is 5.42. The Balaban J connectivity index is 1.98. The van der Waals surface area contributed by atoms with E-state index in [1.54, 1.807) is 19.6 Å². The fraction of sp³-hybridized carbons (Fsp3) is 0.375. The number of nitrogens with two attached hydrogens (primary N) is 1. The molecule has 23 heavy (non-hydrogen) atoms. The van der Waals surface area contributed by atoms with E-state index < -0.39 is 0 Å². The van der Waals surface area contributed by atoms with Crippen LogP contribution in [0.3, 0.4) is 0 Å². The normalized spacial score (nSPS) is 11.8. The van der Waals surface area contributed by atoms with E-state index in [9.17, 15) is 4.79 Å². The zero-order valence-corrected chi connectivity index (χ0v) is 14.3. The molecule has 1 aromatic carbocycles. The third-order valence-corrected chi connectivity index (χ3v) is 4.20. The summed E-state index contributed by atoms with van der Waals surface area (Å²) in [4.78, 5) is 16.3. The van der Waals surface area contributed by atoms with Crippen molar-refractivity contribution in [3.8, 4) is 11.5 Å². The number of methoxy groups -OCH3 is 2. The molecule has 0 fully saturated rings. The van der Waals surface area contributed by atoms with Gasteiger partial charge in [-0.3, -0.25) is 4.79 Å². The Labute approximate surface area is 139 Å². The van der Waals surface area contributed by atoms with Crippen LogP contribution in [0.4, 0.5) is 0 Å². The molecule has 1 unspecified atom stereocenters. The van der Waals surface area contributed by atoms with Gasteiger partial charge in [-0.05, 0) is 31.0 Å². The molecule has 6 nitrogen and oxygen atoms in total. The van der Waals surface area contributed by atoms with Gasteiger partial charge in [0.25, 0.3) is 5.91 Å². The van der Waals surface area contributed by atoms with Crippen molar-refractivity contribution < 1.29 is 14.3 Å². The number of carbonyl (C=O) groups is 1. The van der Waals surface area contributed by atoms with Crippen LogP contribution in [-0.2, 0) is 13.0 Å². The summed E-state index contributed by atoms with van der Waals surface area (Å²) in [5.41, 5.74) is 6.98. The van der Waals surface area contributed by atoms with E-state index in [0.29, 0.717) is 30.2 Å². The molecule has 124 valence electrons. The van der Waals surface area contributed by atoms with Crippen LogP contribution in [0.5, 0.6) is 11.5 Å². The second-order valence-corrected chi connectivity index (χ2v) is 6.04. The van der Waals surface area contributed by atoms with Crippen LogP contribution in [0, 0.1) is 0 Å². The maximum atomic E-state index is 12.1. The number of aromatic nitrogens is 1. The van der Waals surface area contributed by atoms with Crippen LogP contribution in [0.2, 0.25) is 0 Å². The van der Waals surface area contributed by atoms with Crippen molar-refractivity contribution in [3.63, 3.8) is 0 Å². The van der Waals surface area contributed by atoms with Crippen molar-refractivity contribution in [2.45, 2.75) is 25.9 Å². The molecule has 0 spiro atoms. The molecule has 1 atom stereocenters. The zero-order chi connectivity index (χ0) is 16.8. The molecule has 0 aliphatic rings. The number of ether oxygens (including phenoxy) is 2. The average molecular weight is 335 g/mol. The first-order valence-corrected chi connectivity index (χ1v) is 8.11. The van der Waals surface area contributed by atoms with Gasteiger partial charge in [0.15, 0.2) is 11.5 Å². The fourth-order valence-corrected chi connectivity index (χ4v) is 2.87. The van der Waals surface area contributed by atoms with E-state index in [2.05, 4.69) is 10.3 Å². The van der Waals surface area contributed by atoms with Gasteiger partial charge in [0.05, 0.1) is 14.2 Å². The van der Waals surface area contributed by atoms with Crippen LogP contribution in [-0.4, -0.2) is 31.2 Å². The highest BCUT2D eigenvalue weighted by Gasteiger charge is 2.14. The summed E-state index contributed by atoms with van der Waals surface area (Å²) in [6.07, 6.45) is 0.681. The molecule has 1 aromatic heterocycles. The Hall–Kier alpha value is -2.12. The quantitative estimate of drug-likeness (QED) is 0.808. The number of carbonyl (C=O) groups excluding carboxylic acids is 1. The Bertz CT molecular complexity index is 672. The molecule has 0 saturated heterocycles. The highest BCUT2D eigenvalue weighted by molar-refractivity contribution is 7.09. The van der Waals surface area contributed by atoms with Crippen molar-refractivity contribution in [2.75, 3.05) is 14.2 Å². The first-order chi connectivity index (χ1) is 11.1. The lowest BCUT2D eigenvalue weighted by molar-refractivity contribution is 0.0935. The van der Waals surface area contributed by atoms with E-state index >= 15 is 0 Å². The van der Waals surface area contributed by atoms with Crippen LogP contribution < -0.4 is 20.5 Å². The van der Waals surface area contributed by atoms with Crippen molar-refractivity contribution in [1.82, 2.24) is 10.3 Å². The molecule has 7 heteroatoms. The van der Waals surface area contributed by atoms with Crippen LogP contribution in [0.15, 0.2) is 23.6 Å². The van der Waals surface area contributed by atoms with Crippen LogP contribution in [0.25, 0.3) is 0 Å². The van der Waals surface area contributed by atoms with Crippen LogP contribution in [0.1, 0.15) is 28.0 Å². The molecule has 2 rings (SSSR count). The van der Waals surface area contributed by atoms with E-state index in [-0.39, 0.29) is 11.9 Å². The molecule has 0 saturated carbocycles. The molecule has 0 aliphatic heterocycles. The maximum absolute atomic E-state index is 12.1. The Morgan fingerprint density at radius 1 is 1.35 bits per heavy atom. The summed E-state index contributed by atoms with van der Waals surface area (Å²) in [5.74, 6) is 1.18. The standard InChI is InChI=1S/C16H21N3O3S/c1-10(18-16(20)12-9-23-15(8-17)19-12)6-11-4-5-13(21-2)14(7-11)22-3/h4-5,7,9-10H,6,8,17H2,1-3H3,(H,18,20). The Morgan fingerprint density at radius 2 is 2.09 bits per heavy atom. The number of nitrogens with zero attached hydrogens (tertiary/aromatic N) is 1. The van der Waals surface area contributed by atoms with Gasteiger partial charge < -0.3 is 20.5 Å². The molecule has 0 bridgehead atoms. The predicted octanol–water partition coefficient (Wildman–Crippen LogP) is 1.98. The lowest BCUT2D eigenvalue weighted by Gasteiger charge is -2.15. The van der Waals surface area contributed by atoms with Gasteiger partial charge in [0.1, 0.15) is 10.7 Å². The molecule has 1 heterocycles. The smallest absolute Gasteiger partial charge is 0.270 e. The van der Waals surface area contributed by atoms with Gasteiger partial charge in [-0.25, -0.2) is 4.98 Å². The number of nitrogens with one attached hydrogen (secondary N) is 1. The van der Waals surface area contributed by atoms with Crippen molar-refractivity contribution in [3.05, 3.63) is 39.8 Å². The maximum Gasteiger partial charge on any atom is 0.270 e. The average Bonchev–Trinajstić information content (AvgIpc) is 3.03.